The number of nitrogens with zero attached hydrogens (tertiary/aromatic N) is 3. The number of esters is 2. The Kier molecular flexibility index (Phi) is 6.49. The Morgan fingerprint density at radius 2 is 1.87 bits per heavy atom. The molecular formula is C21H23FIN3O4. The number of ether oxygens (including phenoxy) is 2. The first-order valence-electron chi connectivity index (χ1n) is 9.30. The monoisotopic (exact) mass is 527 g/mol. The lowest BCUT2D eigenvalue weighted by atomic mass is 9.98. The number of methoxy groups -OCH3 is 2. The lowest BCUT2D eigenvalue weighted by Crippen LogP contribution is -2.11. The van der Waals surface area contributed by atoms with Crippen molar-refractivity contribution in [3.8, 4) is 11.1 Å². The molecule has 0 saturated carbocycles. The molecule has 7 nitrogen and oxygen atoms in total. The first-order chi connectivity index (χ1) is 14.3. The van der Waals surface area contributed by atoms with Crippen molar-refractivity contribution in [3.05, 3.63) is 40.6 Å². The summed E-state index contributed by atoms with van der Waals surface area (Å²) in [5, 5.41) is 5.21. The van der Waals surface area contributed by atoms with Crippen LogP contribution in [0.15, 0.2) is 12.1 Å². The number of hydrogen-bond acceptors (Lipinski definition) is 5. The van der Waals surface area contributed by atoms with Gasteiger partial charge in [0.2, 0.25) is 0 Å². The van der Waals surface area contributed by atoms with Gasteiger partial charge in [-0.15, -0.1) is 0 Å². The number of benzene rings is 1. The number of carbonyl (C=O) groups excluding carboxylic acids is 2. The Balaban J connectivity index is 2.39. The molecule has 0 saturated heterocycles. The molecule has 0 radical (unpaired) electrons. The van der Waals surface area contributed by atoms with Crippen molar-refractivity contribution in [2.45, 2.75) is 24.2 Å². The van der Waals surface area contributed by atoms with E-state index in [2.05, 4.69) is 27.7 Å². The summed E-state index contributed by atoms with van der Waals surface area (Å²) in [6, 6.07) is 3.03. The normalized spacial score (nSPS) is 11.2. The van der Waals surface area contributed by atoms with E-state index in [4.69, 9.17) is 9.47 Å². The molecule has 30 heavy (non-hydrogen) atoms. The average Bonchev–Trinajstić information content (AvgIpc) is 3.19. The predicted octanol–water partition coefficient (Wildman–Crippen LogP) is 3.85. The fourth-order valence-corrected chi connectivity index (χ4v) is 4.41. The molecule has 0 aliphatic carbocycles. The Labute approximate surface area is 187 Å². The van der Waals surface area contributed by atoms with Crippen LogP contribution in [0.1, 0.15) is 33.9 Å². The van der Waals surface area contributed by atoms with Gasteiger partial charge in [0, 0.05) is 47.2 Å². The minimum Gasteiger partial charge on any atom is -0.469 e. The van der Waals surface area contributed by atoms with Gasteiger partial charge in [-0.2, -0.15) is 5.10 Å². The van der Waals surface area contributed by atoms with Crippen molar-refractivity contribution in [2.24, 2.45) is 14.1 Å². The molecule has 3 rings (SSSR count). The van der Waals surface area contributed by atoms with Gasteiger partial charge in [0.25, 0.3) is 0 Å². The van der Waals surface area contributed by atoms with Crippen LogP contribution in [0, 0.1) is 12.7 Å². The van der Waals surface area contributed by atoms with E-state index in [1.165, 1.54) is 20.3 Å². The summed E-state index contributed by atoms with van der Waals surface area (Å²) in [5.74, 6) is -1.33. The van der Waals surface area contributed by atoms with Gasteiger partial charge in [0.15, 0.2) is 0 Å². The SMILES string of the molecule is COC(=O)CCc1c(C(=O)OC)n(C)c2c(-c3c(CI)nn(C)c3C)c(F)ccc12. The van der Waals surface area contributed by atoms with Crippen molar-refractivity contribution in [1.29, 1.82) is 0 Å². The van der Waals surface area contributed by atoms with Crippen LogP contribution in [0.25, 0.3) is 22.0 Å². The van der Waals surface area contributed by atoms with Gasteiger partial charge in [-0.05, 0) is 31.0 Å². The topological polar surface area (TPSA) is 75.4 Å². The van der Waals surface area contributed by atoms with Gasteiger partial charge in [-0.3, -0.25) is 9.48 Å². The van der Waals surface area contributed by atoms with Crippen molar-refractivity contribution >= 4 is 45.4 Å². The molecule has 0 aliphatic rings. The lowest BCUT2D eigenvalue weighted by Gasteiger charge is -2.10. The van der Waals surface area contributed by atoms with E-state index in [9.17, 15) is 9.59 Å². The molecule has 1 aromatic carbocycles. The van der Waals surface area contributed by atoms with E-state index in [0.717, 1.165) is 11.4 Å². The van der Waals surface area contributed by atoms with Crippen LogP contribution in [0.2, 0.25) is 0 Å². The van der Waals surface area contributed by atoms with Crippen LogP contribution in [-0.2, 0) is 39.2 Å². The van der Waals surface area contributed by atoms with Gasteiger partial charge in [0.1, 0.15) is 11.5 Å². The van der Waals surface area contributed by atoms with E-state index >= 15 is 4.39 Å². The van der Waals surface area contributed by atoms with Crippen LogP contribution in [0.4, 0.5) is 4.39 Å². The highest BCUT2D eigenvalue weighted by Gasteiger charge is 2.28. The number of aryl methyl sites for hydroxylation is 3. The number of halogens is 2. The summed E-state index contributed by atoms with van der Waals surface area (Å²) in [4.78, 5) is 24.3. The quantitative estimate of drug-likeness (QED) is 0.277. The smallest absolute Gasteiger partial charge is 0.354 e. The van der Waals surface area contributed by atoms with Crippen LogP contribution in [0.3, 0.4) is 0 Å². The van der Waals surface area contributed by atoms with Crippen LogP contribution in [-0.4, -0.2) is 40.5 Å². The third-order valence-corrected chi connectivity index (χ3v) is 6.10. The molecule has 3 aromatic rings. The molecule has 0 aliphatic heterocycles. The molecule has 160 valence electrons. The second kappa shape index (κ2) is 8.75. The van der Waals surface area contributed by atoms with Crippen LogP contribution >= 0.6 is 22.6 Å². The van der Waals surface area contributed by atoms with Crippen molar-refractivity contribution in [1.82, 2.24) is 14.3 Å². The molecule has 2 heterocycles. The molecule has 0 unspecified atom stereocenters. The van der Waals surface area contributed by atoms with Gasteiger partial charge >= 0.3 is 11.9 Å². The van der Waals surface area contributed by atoms with Crippen molar-refractivity contribution in [3.63, 3.8) is 0 Å². The van der Waals surface area contributed by atoms with Crippen molar-refractivity contribution < 1.29 is 23.5 Å². The number of hydrogen-bond donors (Lipinski definition) is 0. The van der Waals surface area contributed by atoms with Crippen LogP contribution in [0.5, 0.6) is 0 Å². The summed E-state index contributed by atoms with van der Waals surface area (Å²) in [6.45, 7) is 1.89. The van der Waals surface area contributed by atoms with Gasteiger partial charge in [0.05, 0.1) is 25.4 Å². The number of aromatic nitrogens is 3. The number of rotatable bonds is 6. The lowest BCUT2D eigenvalue weighted by molar-refractivity contribution is -0.140. The molecule has 0 amide bonds. The summed E-state index contributed by atoms with van der Waals surface area (Å²) in [6.07, 6.45) is 0.363. The molecule has 9 heteroatoms. The maximum atomic E-state index is 15.2. The second-order valence-corrected chi connectivity index (χ2v) is 7.70. The molecule has 0 atom stereocenters. The predicted molar refractivity (Wildman–Crippen MR) is 119 cm³/mol. The van der Waals surface area contributed by atoms with Gasteiger partial charge < -0.3 is 14.0 Å². The first kappa shape index (κ1) is 22.3. The molecule has 0 N–H and O–H groups in total. The fourth-order valence-electron chi connectivity index (χ4n) is 3.87. The third kappa shape index (κ3) is 3.59. The third-order valence-electron chi connectivity index (χ3n) is 5.38. The van der Waals surface area contributed by atoms with E-state index < -0.39 is 11.8 Å². The van der Waals surface area contributed by atoms with Gasteiger partial charge in [-0.1, -0.05) is 22.6 Å². The number of alkyl halides is 1. The van der Waals surface area contributed by atoms with Crippen molar-refractivity contribution in [2.75, 3.05) is 14.2 Å². The highest BCUT2D eigenvalue weighted by molar-refractivity contribution is 14.1. The zero-order valence-electron chi connectivity index (χ0n) is 17.5. The summed E-state index contributed by atoms with van der Waals surface area (Å²) in [5.41, 5.74) is 4.18. The van der Waals surface area contributed by atoms with E-state index in [1.54, 1.807) is 22.4 Å². The van der Waals surface area contributed by atoms with E-state index in [1.807, 2.05) is 14.0 Å². The molecule has 0 bridgehead atoms. The molecule has 2 aromatic heterocycles. The van der Waals surface area contributed by atoms with Gasteiger partial charge in [-0.25, -0.2) is 9.18 Å². The Morgan fingerprint density at radius 3 is 2.47 bits per heavy atom. The number of fused-ring (bicyclic) bond motifs is 1. The first-order valence-corrected chi connectivity index (χ1v) is 10.8. The molecule has 0 spiro atoms. The highest BCUT2D eigenvalue weighted by atomic mass is 127. The zero-order valence-corrected chi connectivity index (χ0v) is 19.7. The minimum absolute atomic E-state index is 0.0945. The minimum atomic E-state index is -0.544. The van der Waals surface area contributed by atoms with E-state index in [-0.39, 0.29) is 18.8 Å². The van der Waals surface area contributed by atoms with E-state index in [0.29, 0.717) is 37.7 Å². The molecule has 0 fully saturated rings. The number of carbonyl (C=O) groups is 2. The maximum absolute atomic E-state index is 15.2. The summed E-state index contributed by atoms with van der Waals surface area (Å²) < 4.78 is 28.9. The highest BCUT2D eigenvalue weighted by Crippen LogP contribution is 2.39. The average molecular weight is 527 g/mol. The fraction of sp³-hybridized carbons (Fsp3) is 0.381. The zero-order chi connectivity index (χ0) is 22.2. The summed E-state index contributed by atoms with van der Waals surface area (Å²) >= 11 is 2.20. The largest absolute Gasteiger partial charge is 0.469 e. The summed E-state index contributed by atoms with van der Waals surface area (Å²) in [7, 11) is 6.13. The standard InChI is InChI=1S/C21H23FIN3O4/c1-11-17(15(10-23)24-26(11)3)18-14(22)8-6-12-13(7-9-16(27)29-4)20(21(28)30-5)25(2)19(12)18/h6,8H,7,9-10H2,1-5H3. The Morgan fingerprint density at radius 1 is 1.17 bits per heavy atom. The Hall–Kier alpha value is -2.43. The van der Waals surface area contributed by atoms with Crippen LogP contribution < -0.4 is 0 Å². The molecular weight excluding hydrogens is 504 g/mol. The second-order valence-electron chi connectivity index (χ2n) is 6.94. The Bertz CT molecular complexity index is 1150. The maximum Gasteiger partial charge on any atom is 0.354 e.